The van der Waals surface area contributed by atoms with Crippen LogP contribution in [-0.2, 0) is 0 Å². The molecule has 0 amide bonds. The number of hydrogen-bond donors (Lipinski definition) is 0. The summed E-state index contributed by atoms with van der Waals surface area (Å²) >= 11 is 1.78. The second-order valence-corrected chi connectivity index (χ2v) is 6.42. The maximum Gasteiger partial charge on any atom is 0.346 e. The van der Waals surface area contributed by atoms with Crippen LogP contribution in [0.4, 0.5) is 17.6 Å². The number of rotatable bonds is 8. The Balaban J connectivity index is 2.71. The van der Waals surface area contributed by atoms with Crippen molar-refractivity contribution < 1.29 is 17.6 Å². The molecule has 0 aromatic carbocycles. The van der Waals surface area contributed by atoms with Crippen molar-refractivity contribution in [3.63, 3.8) is 0 Å². The van der Waals surface area contributed by atoms with Crippen LogP contribution in [0.15, 0.2) is 9.81 Å². The summed E-state index contributed by atoms with van der Waals surface area (Å²) in [5.41, 5.74) is 0. The zero-order chi connectivity index (χ0) is 13.8. The van der Waals surface area contributed by atoms with E-state index in [9.17, 15) is 17.6 Å². The third kappa shape index (κ3) is 3.00. The molecule has 0 bridgehead atoms. The minimum absolute atomic E-state index is 0.401. The molecule has 1 aliphatic carbocycles. The molecule has 0 fully saturated rings. The topological polar surface area (TPSA) is 0 Å². The Labute approximate surface area is 114 Å². The van der Waals surface area contributed by atoms with Gasteiger partial charge in [0.1, 0.15) is 0 Å². The lowest BCUT2D eigenvalue weighted by Crippen LogP contribution is -2.52. The Kier molecular flexibility index (Phi) is 5.90. The first-order chi connectivity index (χ1) is 8.39. The molecule has 0 saturated carbocycles. The van der Waals surface area contributed by atoms with Crippen molar-refractivity contribution in [3.8, 4) is 0 Å². The number of allylic oxidation sites excluding steroid dienone is 2. The average molecular weight is 302 g/mol. The summed E-state index contributed by atoms with van der Waals surface area (Å²) in [5, 5.41) is 0. The molecule has 106 valence electrons. The summed E-state index contributed by atoms with van der Waals surface area (Å²) < 4.78 is 53.3. The van der Waals surface area contributed by atoms with E-state index in [0.717, 1.165) is 49.2 Å². The maximum absolute atomic E-state index is 13.3. The number of hydrogen-bond acceptors (Lipinski definition) is 2. The molecule has 0 aliphatic heterocycles. The Morgan fingerprint density at radius 3 is 1.39 bits per heavy atom. The minimum Gasteiger partial charge on any atom is -0.193 e. The number of unbranched alkanes of at least 4 members (excludes halogenated alkanes) is 2. The lowest BCUT2D eigenvalue weighted by Gasteiger charge is -2.40. The van der Waals surface area contributed by atoms with Crippen LogP contribution in [0.1, 0.15) is 39.5 Å². The lowest BCUT2D eigenvalue weighted by atomic mass is 10.00. The van der Waals surface area contributed by atoms with Gasteiger partial charge in [0, 0.05) is 0 Å². The molecule has 0 unspecified atom stereocenters. The Bertz CT molecular complexity index is 283. The predicted octanol–water partition coefficient (Wildman–Crippen LogP) is 5.55. The van der Waals surface area contributed by atoms with Crippen molar-refractivity contribution in [2.45, 2.75) is 51.4 Å². The highest BCUT2D eigenvalue weighted by Gasteiger charge is 2.71. The summed E-state index contributed by atoms with van der Waals surface area (Å²) in [7, 11) is 0. The maximum atomic E-state index is 13.3. The van der Waals surface area contributed by atoms with Gasteiger partial charge in [-0.3, -0.25) is 0 Å². The zero-order valence-electron chi connectivity index (χ0n) is 10.6. The van der Waals surface area contributed by atoms with Gasteiger partial charge in [0.2, 0.25) is 0 Å². The van der Waals surface area contributed by atoms with Crippen molar-refractivity contribution in [3.05, 3.63) is 9.81 Å². The summed E-state index contributed by atoms with van der Waals surface area (Å²) in [4.78, 5) is -0.802. The zero-order valence-corrected chi connectivity index (χ0v) is 12.2. The third-order valence-corrected chi connectivity index (χ3v) is 5.27. The molecule has 0 radical (unpaired) electrons. The van der Waals surface area contributed by atoms with E-state index in [1.807, 2.05) is 13.8 Å². The Morgan fingerprint density at radius 2 is 1.11 bits per heavy atom. The number of halogens is 4. The normalized spacial score (nSPS) is 21.0. The standard InChI is InChI=1S/C12H18F4S2/c1-3-5-7-17-9-10(18-8-6-4-2)12(15,16)11(9,13)14/h3-8H2,1-2H3. The van der Waals surface area contributed by atoms with Crippen LogP contribution in [0, 0.1) is 0 Å². The van der Waals surface area contributed by atoms with E-state index in [0.29, 0.717) is 11.5 Å². The van der Waals surface area contributed by atoms with Gasteiger partial charge in [-0.1, -0.05) is 26.7 Å². The summed E-state index contributed by atoms with van der Waals surface area (Å²) in [6.45, 7) is 3.89. The molecule has 6 heteroatoms. The van der Waals surface area contributed by atoms with Gasteiger partial charge in [-0.2, -0.15) is 17.6 Å². The second kappa shape index (κ2) is 6.55. The molecule has 0 spiro atoms. The van der Waals surface area contributed by atoms with Crippen LogP contribution >= 0.6 is 23.5 Å². The van der Waals surface area contributed by atoms with E-state index in [1.165, 1.54) is 0 Å². The van der Waals surface area contributed by atoms with Crippen molar-refractivity contribution >= 4 is 23.5 Å². The quantitative estimate of drug-likeness (QED) is 0.426. The van der Waals surface area contributed by atoms with Crippen LogP contribution in [0.25, 0.3) is 0 Å². The molecule has 18 heavy (non-hydrogen) atoms. The van der Waals surface area contributed by atoms with Crippen LogP contribution in [0.2, 0.25) is 0 Å². The second-order valence-electron chi connectivity index (χ2n) is 4.21. The third-order valence-electron chi connectivity index (χ3n) is 2.66. The lowest BCUT2D eigenvalue weighted by molar-refractivity contribution is -0.176. The van der Waals surface area contributed by atoms with Crippen molar-refractivity contribution in [2.24, 2.45) is 0 Å². The van der Waals surface area contributed by atoms with E-state index < -0.39 is 21.7 Å². The first kappa shape index (κ1) is 16.2. The predicted molar refractivity (Wildman–Crippen MR) is 71.7 cm³/mol. The van der Waals surface area contributed by atoms with Crippen LogP contribution in [-0.4, -0.2) is 23.4 Å². The van der Waals surface area contributed by atoms with E-state index in [-0.39, 0.29) is 0 Å². The molecule has 0 nitrogen and oxygen atoms in total. The van der Waals surface area contributed by atoms with Crippen LogP contribution in [0.5, 0.6) is 0 Å². The summed E-state index contributed by atoms with van der Waals surface area (Å²) in [5.74, 6) is -6.95. The first-order valence-corrected chi connectivity index (χ1v) is 8.13. The largest absolute Gasteiger partial charge is 0.346 e. The van der Waals surface area contributed by atoms with Gasteiger partial charge in [-0.15, -0.1) is 23.5 Å². The molecule has 0 aromatic heterocycles. The molecule has 0 N–H and O–H groups in total. The molecule has 0 heterocycles. The smallest absolute Gasteiger partial charge is 0.193 e. The number of alkyl halides is 4. The molecule has 0 atom stereocenters. The van der Waals surface area contributed by atoms with Gasteiger partial charge in [-0.25, -0.2) is 0 Å². The van der Waals surface area contributed by atoms with Gasteiger partial charge in [0.05, 0.1) is 9.81 Å². The Morgan fingerprint density at radius 1 is 0.778 bits per heavy atom. The molecular weight excluding hydrogens is 284 g/mol. The summed E-state index contributed by atoms with van der Waals surface area (Å²) in [6, 6.07) is 0. The van der Waals surface area contributed by atoms with Gasteiger partial charge in [-0.05, 0) is 24.3 Å². The van der Waals surface area contributed by atoms with Gasteiger partial charge in [0.25, 0.3) is 0 Å². The van der Waals surface area contributed by atoms with Crippen molar-refractivity contribution in [2.75, 3.05) is 11.5 Å². The van der Waals surface area contributed by atoms with Crippen molar-refractivity contribution in [1.29, 1.82) is 0 Å². The molecular formula is C12H18F4S2. The van der Waals surface area contributed by atoms with Gasteiger partial charge < -0.3 is 0 Å². The van der Waals surface area contributed by atoms with E-state index >= 15 is 0 Å². The summed E-state index contributed by atoms with van der Waals surface area (Å²) in [6.07, 6.45) is 3.28. The highest BCUT2D eigenvalue weighted by atomic mass is 32.2. The monoisotopic (exact) mass is 302 g/mol. The van der Waals surface area contributed by atoms with Gasteiger partial charge >= 0.3 is 11.8 Å². The van der Waals surface area contributed by atoms with Crippen LogP contribution < -0.4 is 0 Å². The molecule has 1 aliphatic rings. The molecule has 1 rings (SSSR count). The fourth-order valence-corrected chi connectivity index (χ4v) is 4.22. The molecule has 0 aromatic rings. The van der Waals surface area contributed by atoms with Crippen molar-refractivity contribution in [1.82, 2.24) is 0 Å². The fraction of sp³-hybridized carbons (Fsp3) is 0.833. The highest BCUT2D eigenvalue weighted by molar-refractivity contribution is 8.07. The Hall–Kier alpha value is 0.160. The highest BCUT2D eigenvalue weighted by Crippen LogP contribution is 2.62. The first-order valence-electron chi connectivity index (χ1n) is 6.16. The minimum atomic E-state index is -3.96. The van der Waals surface area contributed by atoms with E-state index in [4.69, 9.17) is 0 Å². The van der Waals surface area contributed by atoms with Gasteiger partial charge in [0.15, 0.2) is 0 Å². The number of thioether (sulfide) groups is 2. The van der Waals surface area contributed by atoms with E-state index in [2.05, 4.69) is 0 Å². The SMILES string of the molecule is CCCCSC1=C(SCCCC)C(F)(F)C1(F)F. The average Bonchev–Trinajstić information content (AvgIpc) is 2.31. The fourth-order valence-electron chi connectivity index (χ4n) is 1.46. The van der Waals surface area contributed by atoms with E-state index in [1.54, 1.807) is 0 Å². The molecule has 0 saturated heterocycles. The van der Waals surface area contributed by atoms with Crippen LogP contribution in [0.3, 0.4) is 0 Å².